The van der Waals surface area contributed by atoms with Gasteiger partial charge >= 0.3 is 0 Å². The fraction of sp³-hybridized carbons (Fsp3) is 0.500. The zero-order valence-corrected chi connectivity index (χ0v) is 19.2. The van der Waals surface area contributed by atoms with E-state index < -0.39 is 54.4 Å². The van der Waals surface area contributed by atoms with Gasteiger partial charge in [0.1, 0.15) is 22.7 Å². The van der Waals surface area contributed by atoms with E-state index in [0.717, 1.165) is 24.8 Å². The first-order valence-electron chi connectivity index (χ1n) is 8.76. The Hall–Kier alpha value is -2.24. The average Bonchev–Trinajstić information content (AvgIpc) is 2.71. The lowest BCUT2D eigenvalue weighted by Gasteiger charge is -2.19. The van der Waals surface area contributed by atoms with Crippen molar-refractivity contribution in [3.63, 3.8) is 0 Å². The van der Waals surface area contributed by atoms with Crippen molar-refractivity contribution in [1.82, 2.24) is 19.9 Å². The molecule has 0 saturated heterocycles. The van der Waals surface area contributed by atoms with Gasteiger partial charge in [-0.3, -0.25) is 0 Å². The Kier molecular flexibility index (Phi) is 10.1. The van der Waals surface area contributed by atoms with E-state index in [0.29, 0.717) is 0 Å². The molecule has 0 fully saturated rings. The lowest BCUT2D eigenvalue weighted by Crippen LogP contribution is -2.33. The van der Waals surface area contributed by atoms with Crippen molar-refractivity contribution in [2.45, 2.75) is 36.6 Å². The summed E-state index contributed by atoms with van der Waals surface area (Å²) >= 11 is 0. The number of methoxy groups -OCH3 is 2. The largest absolute Gasteiger partial charge is 0.372 e. The Morgan fingerprint density at radius 3 is 1.16 bits per heavy atom. The van der Waals surface area contributed by atoms with Gasteiger partial charge in [0.15, 0.2) is 23.3 Å². The smallest absolute Gasteiger partial charge is 0.214 e. The zero-order valence-electron chi connectivity index (χ0n) is 17.6. The lowest BCUT2D eigenvalue weighted by molar-refractivity contribution is 0.0946. The lowest BCUT2D eigenvalue weighted by atomic mass is 10.2. The van der Waals surface area contributed by atoms with Gasteiger partial charge in [0, 0.05) is 14.2 Å². The van der Waals surface area contributed by atoms with Crippen LogP contribution in [-0.4, -0.2) is 61.5 Å². The molecule has 0 spiro atoms. The molecule has 0 aliphatic carbocycles. The first kappa shape index (κ1) is 27.8. The van der Waals surface area contributed by atoms with E-state index in [4.69, 9.17) is 19.8 Å². The molecule has 0 bridgehead atoms. The summed E-state index contributed by atoms with van der Waals surface area (Å²) in [7, 11) is -4.93. The molecule has 180 valence electrons. The van der Waals surface area contributed by atoms with E-state index in [1.807, 2.05) is 0 Å². The number of hydrogen-bond donors (Lipinski definition) is 2. The third-order valence-electron chi connectivity index (χ3n) is 4.19. The van der Waals surface area contributed by atoms with Crippen LogP contribution >= 0.6 is 0 Å². The molecule has 0 aromatic carbocycles. The van der Waals surface area contributed by atoms with Crippen LogP contribution in [0.15, 0.2) is 24.8 Å². The summed E-state index contributed by atoms with van der Waals surface area (Å²) in [4.78, 5) is 14.6. The summed E-state index contributed by atoms with van der Waals surface area (Å²) in [5, 5.41) is 7.95. The summed E-state index contributed by atoms with van der Waals surface area (Å²) in [6, 6.07) is 0. The Morgan fingerprint density at radius 2 is 0.969 bits per heavy atom. The molecule has 0 radical (unpaired) electrons. The minimum atomic E-state index is -3.77. The molecule has 0 saturated carbocycles. The van der Waals surface area contributed by atoms with Crippen LogP contribution in [-0.2, 0) is 29.5 Å². The molecule has 4 atom stereocenters. The van der Waals surface area contributed by atoms with E-state index in [1.165, 1.54) is 28.1 Å². The van der Waals surface area contributed by atoms with Crippen LogP contribution in [0.3, 0.4) is 0 Å². The van der Waals surface area contributed by atoms with E-state index in [1.54, 1.807) is 0 Å². The van der Waals surface area contributed by atoms with Crippen molar-refractivity contribution in [3.05, 3.63) is 48.1 Å². The summed E-state index contributed by atoms with van der Waals surface area (Å²) < 4.78 is 79.6. The van der Waals surface area contributed by atoms with Crippen LogP contribution in [0.1, 0.15) is 37.7 Å². The van der Waals surface area contributed by atoms with Gasteiger partial charge in [0.2, 0.25) is 20.0 Å². The predicted octanol–water partition coefficient (Wildman–Crippen LogP) is -0.0396. The summed E-state index contributed by atoms with van der Waals surface area (Å²) in [6.07, 6.45) is 1.90. The average molecular weight is 499 g/mol. The third kappa shape index (κ3) is 8.03. The number of halogens is 2. The summed E-state index contributed by atoms with van der Waals surface area (Å²) in [6.45, 7) is 2.74. The maximum absolute atomic E-state index is 12.6. The molecule has 0 aliphatic heterocycles. The van der Waals surface area contributed by atoms with Gasteiger partial charge in [0.25, 0.3) is 0 Å². The van der Waals surface area contributed by atoms with Gasteiger partial charge in [-0.05, 0) is 13.8 Å². The van der Waals surface area contributed by atoms with Gasteiger partial charge < -0.3 is 9.47 Å². The van der Waals surface area contributed by atoms with Gasteiger partial charge in [-0.2, -0.15) is 0 Å². The highest BCUT2D eigenvalue weighted by Crippen LogP contribution is 2.21. The monoisotopic (exact) mass is 498 g/mol. The fourth-order valence-electron chi connectivity index (χ4n) is 2.30. The Bertz CT molecular complexity index is 984. The number of nitrogens with two attached hydrogens (primary N) is 2. The molecule has 0 unspecified atom stereocenters. The van der Waals surface area contributed by atoms with Crippen LogP contribution in [0.2, 0.25) is 0 Å². The molecule has 2 aromatic rings. The van der Waals surface area contributed by atoms with Crippen LogP contribution in [0.4, 0.5) is 8.78 Å². The highest BCUT2D eigenvalue weighted by molar-refractivity contribution is 7.90. The number of ether oxygens (including phenoxy) is 2. The Balaban J connectivity index is 0.000000320. The minimum Gasteiger partial charge on any atom is -0.372 e. The van der Waals surface area contributed by atoms with Crippen molar-refractivity contribution < 1.29 is 35.1 Å². The van der Waals surface area contributed by atoms with Crippen molar-refractivity contribution in [1.29, 1.82) is 0 Å². The number of primary sulfonamides is 2. The van der Waals surface area contributed by atoms with E-state index in [2.05, 4.69) is 19.9 Å². The topological polar surface area (TPSA) is 190 Å². The second kappa shape index (κ2) is 11.6. The van der Waals surface area contributed by atoms with Gasteiger partial charge in [-0.15, -0.1) is 0 Å². The third-order valence-corrected chi connectivity index (χ3v) is 6.75. The minimum absolute atomic E-state index is 0.0745. The second-order valence-corrected chi connectivity index (χ2v) is 10.3. The first-order valence-corrected chi connectivity index (χ1v) is 12.0. The molecule has 0 amide bonds. The van der Waals surface area contributed by atoms with Crippen LogP contribution < -0.4 is 10.3 Å². The Morgan fingerprint density at radius 1 is 0.719 bits per heavy atom. The molecule has 16 heteroatoms. The van der Waals surface area contributed by atoms with E-state index >= 15 is 0 Å². The summed E-state index contributed by atoms with van der Waals surface area (Å²) in [5.74, 6) is -1.07. The first-order chi connectivity index (χ1) is 14.7. The fourth-order valence-corrected chi connectivity index (χ4v) is 3.45. The molecular formula is C16H24F2N6O6S2. The number of sulfonamides is 2. The van der Waals surface area contributed by atoms with Crippen molar-refractivity contribution in [3.8, 4) is 0 Å². The normalized spacial score (nSPS) is 15.8. The van der Waals surface area contributed by atoms with Gasteiger partial charge in [0.05, 0.1) is 24.8 Å². The van der Waals surface area contributed by atoms with Crippen molar-refractivity contribution >= 4 is 20.0 Å². The zero-order chi connectivity index (χ0) is 24.7. The highest BCUT2D eigenvalue weighted by Gasteiger charge is 2.31. The number of hydrogen-bond acceptors (Lipinski definition) is 10. The highest BCUT2D eigenvalue weighted by atomic mass is 32.2. The van der Waals surface area contributed by atoms with Crippen molar-refractivity contribution in [2.24, 2.45) is 10.3 Å². The van der Waals surface area contributed by atoms with Gasteiger partial charge in [-0.1, -0.05) is 0 Å². The second-order valence-electron chi connectivity index (χ2n) is 6.42. The SMILES string of the molecule is CO[C@@H](c1ncc(F)cn1)[C@H](C)S(N)(=O)=O.CO[C@H](c1ncc(F)cn1)[C@@H](C)S(N)(=O)=O. The van der Waals surface area contributed by atoms with Gasteiger partial charge in [-0.25, -0.2) is 55.8 Å². The molecule has 0 aliphatic rings. The predicted molar refractivity (Wildman–Crippen MR) is 109 cm³/mol. The molecule has 12 nitrogen and oxygen atoms in total. The molecule has 4 N–H and O–H groups in total. The molecule has 2 heterocycles. The maximum atomic E-state index is 12.6. The molecule has 2 aromatic heterocycles. The van der Waals surface area contributed by atoms with Crippen LogP contribution in [0, 0.1) is 11.6 Å². The molecule has 2 rings (SSSR count). The van der Waals surface area contributed by atoms with Crippen LogP contribution in [0.25, 0.3) is 0 Å². The van der Waals surface area contributed by atoms with E-state index in [-0.39, 0.29) is 11.6 Å². The van der Waals surface area contributed by atoms with Crippen molar-refractivity contribution in [2.75, 3.05) is 14.2 Å². The number of nitrogens with zero attached hydrogens (tertiary/aromatic N) is 4. The van der Waals surface area contributed by atoms with E-state index in [9.17, 15) is 25.6 Å². The quantitative estimate of drug-likeness (QED) is 0.499. The Labute approximate surface area is 184 Å². The molecular weight excluding hydrogens is 474 g/mol. The summed E-state index contributed by atoms with van der Waals surface area (Å²) in [5.41, 5.74) is 0. The number of aromatic nitrogens is 4. The maximum Gasteiger partial charge on any atom is 0.214 e. The standard InChI is InChI=1S/2C8H12FN3O3S/c2*1-5(16(10,13)14)7(15-2)8-11-3-6(9)4-12-8/h2*3-5,7H,1-2H3,(H2,10,13,14)/t2*5-,7+/m10/s1. The van der Waals surface area contributed by atoms with Crippen LogP contribution in [0.5, 0.6) is 0 Å². The number of rotatable bonds is 8. The molecule has 32 heavy (non-hydrogen) atoms.